The fraction of sp³-hybridized carbons (Fsp3) is 0.833. The third kappa shape index (κ3) is 6.45. The molecule has 0 saturated heterocycles. The van der Waals surface area contributed by atoms with Gasteiger partial charge >= 0.3 is 0 Å². The van der Waals surface area contributed by atoms with Gasteiger partial charge in [0.1, 0.15) is 0 Å². The zero-order chi connectivity index (χ0) is 9.40. The summed E-state index contributed by atoms with van der Waals surface area (Å²) in [5, 5.41) is 0. The molecule has 0 spiro atoms. The molecule has 0 aliphatic carbocycles. The van der Waals surface area contributed by atoms with Crippen LogP contribution < -0.4 is 0 Å². The number of rotatable bonds is 6. The molecule has 0 aromatic carbocycles. The van der Waals surface area contributed by atoms with Crippen molar-refractivity contribution in [3.8, 4) is 0 Å². The van der Waals surface area contributed by atoms with Crippen LogP contribution in [0.3, 0.4) is 0 Å². The van der Waals surface area contributed by atoms with E-state index in [9.17, 15) is 0 Å². The number of allylic oxidation sites excluding steroid dienone is 2. The van der Waals surface area contributed by atoms with E-state index in [2.05, 4.69) is 39.8 Å². The van der Waals surface area contributed by atoms with Crippen LogP contribution in [0, 0.1) is 11.8 Å². The summed E-state index contributed by atoms with van der Waals surface area (Å²) in [4.78, 5) is 0. The molecule has 0 bridgehead atoms. The monoisotopic (exact) mass is 168 g/mol. The van der Waals surface area contributed by atoms with Crippen molar-refractivity contribution in [3.05, 3.63) is 12.2 Å². The second-order valence-corrected chi connectivity index (χ2v) is 4.04. The molecule has 12 heavy (non-hydrogen) atoms. The van der Waals surface area contributed by atoms with E-state index in [1.54, 1.807) is 0 Å². The molecular weight excluding hydrogens is 144 g/mol. The molecule has 0 radical (unpaired) electrons. The van der Waals surface area contributed by atoms with Crippen LogP contribution in [0.15, 0.2) is 12.2 Å². The van der Waals surface area contributed by atoms with E-state index in [0.717, 1.165) is 11.8 Å². The van der Waals surface area contributed by atoms with Gasteiger partial charge in [-0.25, -0.2) is 0 Å². The molecule has 0 nitrogen and oxygen atoms in total. The van der Waals surface area contributed by atoms with E-state index in [1.165, 1.54) is 25.7 Å². The van der Waals surface area contributed by atoms with Gasteiger partial charge in [0.15, 0.2) is 0 Å². The molecular formula is C12H24. The van der Waals surface area contributed by atoms with Crippen LogP contribution in [0.2, 0.25) is 0 Å². The van der Waals surface area contributed by atoms with Crippen molar-refractivity contribution in [2.45, 2.75) is 53.4 Å². The predicted molar refractivity (Wildman–Crippen MR) is 57.3 cm³/mol. The summed E-state index contributed by atoms with van der Waals surface area (Å²) >= 11 is 0. The van der Waals surface area contributed by atoms with Crippen LogP contribution in [0.4, 0.5) is 0 Å². The maximum Gasteiger partial charge on any atom is -0.0325 e. The van der Waals surface area contributed by atoms with Crippen LogP contribution >= 0.6 is 0 Å². The van der Waals surface area contributed by atoms with E-state index in [0.29, 0.717) is 0 Å². The summed E-state index contributed by atoms with van der Waals surface area (Å²) in [6.07, 6.45) is 9.80. The summed E-state index contributed by atoms with van der Waals surface area (Å²) < 4.78 is 0. The van der Waals surface area contributed by atoms with Crippen molar-refractivity contribution in [2.24, 2.45) is 11.8 Å². The lowest BCUT2D eigenvalue weighted by atomic mass is 9.92. The fourth-order valence-electron chi connectivity index (χ4n) is 1.76. The summed E-state index contributed by atoms with van der Waals surface area (Å²) in [7, 11) is 0. The van der Waals surface area contributed by atoms with Gasteiger partial charge in [-0.05, 0) is 31.6 Å². The predicted octanol–water partition coefficient (Wildman–Crippen LogP) is 4.42. The molecule has 0 rings (SSSR count). The Balaban J connectivity index is 3.46. The van der Waals surface area contributed by atoms with Gasteiger partial charge in [0, 0.05) is 0 Å². The zero-order valence-corrected chi connectivity index (χ0v) is 9.14. The molecule has 0 N–H and O–H groups in total. The lowest BCUT2D eigenvalue weighted by Gasteiger charge is -2.14. The molecule has 72 valence electrons. The second kappa shape index (κ2) is 7.39. The van der Waals surface area contributed by atoms with E-state index < -0.39 is 0 Å². The van der Waals surface area contributed by atoms with Crippen LogP contribution in [-0.2, 0) is 0 Å². The molecule has 2 unspecified atom stereocenters. The summed E-state index contributed by atoms with van der Waals surface area (Å²) in [6, 6.07) is 0. The first-order valence-electron chi connectivity index (χ1n) is 5.31. The third-order valence-corrected chi connectivity index (χ3v) is 2.36. The minimum Gasteiger partial charge on any atom is -0.0917 e. The van der Waals surface area contributed by atoms with Gasteiger partial charge in [0.2, 0.25) is 0 Å². The summed E-state index contributed by atoms with van der Waals surface area (Å²) in [5.41, 5.74) is 0. The highest BCUT2D eigenvalue weighted by molar-refractivity contribution is 4.79. The van der Waals surface area contributed by atoms with Crippen molar-refractivity contribution in [1.29, 1.82) is 0 Å². The quantitative estimate of drug-likeness (QED) is 0.515. The van der Waals surface area contributed by atoms with Crippen LogP contribution in [-0.4, -0.2) is 0 Å². The van der Waals surface area contributed by atoms with E-state index in [4.69, 9.17) is 0 Å². The Bertz CT molecular complexity index is 113. The SMILES string of the molecule is CC=CCC(C)CC(C)CCC. The highest BCUT2D eigenvalue weighted by atomic mass is 14.1. The first-order chi connectivity index (χ1) is 5.70. The molecule has 2 atom stereocenters. The van der Waals surface area contributed by atoms with Gasteiger partial charge in [0.05, 0.1) is 0 Å². The summed E-state index contributed by atoms with van der Waals surface area (Å²) in [6.45, 7) is 9.09. The lowest BCUT2D eigenvalue weighted by molar-refractivity contribution is 0.394. The fourth-order valence-corrected chi connectivity index (χ4v) is 1.76. The normalized spacial score (nSPS) is 16.7. The Labute approximate surface area is 78.1 Å². The first-order valence-corrected chi connectivity index (χ1v) is 5.31. The average Bonchev–Trinajstić information content (AvgIpc) is 2.01. The Hall–Kier alpha value is -0.260. The van der Waals surface area contributed by atoms with Crippen molar-refractivity contribution in [2.75, 3.05) is 0 Å². The molecule has 0 aromatic rings. The third-order valence-electron chi connectivity index (χ3n) is 2.36. The van der Waals surface area contributed by atoms with Gasteiger partial charge < -0.3 is 0 Å². The molecule has 0 aliphatic heterocycles. The molecule has 0 aromatic heterocycles. The maximum absolute atomic E-state index is 2.37. The van der Waals surface area contributed by atoms with Crippen LogP contribution in [0.5, 0.6) is 0 Å². The second-order valence-electron chi connectivity index (χ2n) is 4.04. The van der Waals surface area contributed by atoms with Crippen molar-refractivity contribution < 1.29 is 0 Å². The van der Waals surface area contributed by atoms with Crippen LogP contribution in [0.25, 0.3) is 0 Å². The minimum atomic E-state index is 0.864. The minimum absolute atomic E-state index is 0.864. The van der Waals surface area contributed by atoms with E-state index >= 15 is 0 Å². The Morgan fingerprint density at radius 3 is 2.33 bits per heavy atom. The molecule has 0 heteroatoms. The average molecular weight is 168 g/mol. The molecule has 0 saturated carbocycles. The van der Waals surface area contributed by atoms with Crippen molar-refractivity contribution in [1.82, 2.24) is 0 Å². The van der Waals surface area contributed by atoms with Crippen molar-refractivity contribution in [3.63, 3.8) is 0 Å². The summed E-state index contributed by atoms with van der Waals surface area (Å²) in [5.74, 6) is 1.78. The van der Waals surface area contributed by atoms with Crippen molar-refractivity contribution >= 4 is 0 Å². The van der Waals surface area contributed by atoms with Gasteiger partial charge in [-0.1, -0.05) is 45.8 Å². The zero-order valence-electron chi connectivity index (χ0n) is 9.14. The van der Waals surface area contributed by atoms with Gasteiger partial charge in [-0.3, -0.25) is 0 Å². The Morgan fingerprint density at radius 2 is 1.83 bits per heavy atom. The molecule has 0 aliphatic rings. The van der Waals surface area contributed by atoms with E-state index in [1.807, 2.05) is 0 Å². The van der Waals surface area contributed by atoms with Gasteiger partial charge in [-0.15, -0.1) is 0 Å². The van der Waals surface area contributed by atoms with Gasteiger partial charge in [-0.2, -0.15) is 0 Å². The number of hydrogen-bond acceptors (Lipinski definition) is 0. The first kappa shape index (κ1) is 11.7. The smallest absolute Gasteiger partial charge is 0.0325 e. The molecule has 0 amide bonds. The Morgan fingerprint density at radius 1 is 1.17 bits per heavy atom. The standard InChI is InChI=1S/C12H24/c1-5-7-9-12(4)10-11(3)8-6-2/h5,7,11-12H,6,8-10H2,1-4H3. The lowest BCUT2D eigenvalue weighted by Crippen LogP contribution is -2.01. The number of hydrogen-bond donors (Lipinski definition) is 0. The largest absolute Gasteiger partial charge is 0.0917 e. The molecule has 0 heterocycles. The highest BCUT2D eigenvalue weighted by Crippen LogP contribution is 2.19. The molecule has 0 fully saturated rings. The highest BCUT2D eigenvalue weighted by Gasteiger charge is 2.05. The van der Waals surface area contributed by atoms with Gasteiger partial charge in [0.25, 0.3) is 0 Å². The van der Waals surface area contributed by atoms with E-state index in [-0.39, 0.29) is 0 Å². The van der Waals surface area contributed by atoms with Crippen LogP contribution in [0.1, 0.15) is 53.4 Å². The Kier molecular flexibility index (Phi) is 7.23. The topological polar surface area (TPSA) is 0 Å². The maximum atomic E-state index is 2.37.